The summed E-state index contributed by atoms with van der Waals surface area (Å²) in [7, 11) is 0. The van der Waals surface area contributed by atoms with E-state index in [0.717, 1.165) is 22.7 Å². The van der Waals surface area contributed by atoms with Gasteiger partial charge < -0.3 is 9.72 Å². The number of hydrogen-bond acceptors (Lipinski definition) is 4. The smallest absolute Gasteiger partial charge is 0.235 e. The molecule has 3 aromatic rings. The highest BCUT2D eigenvalue weighted by molar-refractivity contribution is 5.89. The number of benzene rings is 1. The molecular weight excluding hydrogens is 270 g/mol. The number of nitrogens with zero attached hydrogens (tertiary/aromatic N) is 2. The average molecular weight is 281 g/mol. The third-order valence-corrected chi connectivity index (χ3v) is 2.93. The first-order valence-electron chi connectivity index (χ1n) is 6.23. The van der Waals surface area contributed by atoms with Crippen LogP contribution in [0.15, 0.2) is 55.1 Å². The first kappa shape index (κ1) is 12.9. The van der Waals surface area contributed by atoms with E-state index in [1.165, 1.54) is 6.08 Å². The SMILES string of the molecule is O=[N+]([O-])C=Cc1c[nH]c2ccc(Oc3cccnc3)cc12. The number of aromatic nitrogens is 2. The van der Waals surface area contributed by atoms with Crippen molar-refractivity contribution in [3.8, 4) is 11.5 Å². The molecule has 0 atom stereocenters. The van der Waals surface area contributed by atoms with E-state index in [1.807, 2.05) is 24.3 Å². The number of hydrogen-bond donors (Lipinski definition) is 1. The summed E-state index contributed by atoms with van der Waals surface area (Å²) in [5, 5.41) is 11.3. The molecule has 3 rings (SSSR count). The summed E-state index contributed by atoms with van der Waals surface area (Å²) in [5.41, 5.74) is 1.62. The van der Waals surface area contributed by atoms with Crippen molar-refractivity contribution in [3.05, 3.63) is 70.8 Å². The molecule has 0 aliphatic heterocycles. The van der Waals surface area contributed by atoms with Gasteiger partial charge in [0.15, 0.2) is 0 Å². The summed E-state index contributed by atoms with van der Waals surface area (Å²) < 4.78 is 5.70. The van der Waals surface area contributed by atoms with Gasteiger partial charge in [-0.05, 0) is 30.3 Å². The third kappa shape index (κ3) is 2.89. The molecule has 0 fully saturated rings. The molecule has 6 nitrogen and oxygen atoms in total. The summed E-state index contributed by atoms with van der Waals surface area (Å²) in [4.78, 5) is 17.0. The van der Waals surface area contributed by atoms with Crippen molar-refractivity contribution in [2.24, 2.45) is 0 Å². The Morgan fingerprint density at radius 1 is 1.29 bits per heavy atom. The highest BCUT2D eigenvalue weighted by Crippen LogP contribution is 2.27. The number of nitro groups is 1. The zero-order chi connectivity index (χ0) is 14.7. The molecule has 1 aromatic carbocycles. The molecule has 6 heteroatoms. The van der Waals surface area contributed by atoms with E-state index in [-0.39, 0.29) is 0 Å². The van der Waals surface area contributed by atoms with E-state index in [4.69, 9.17) is 4.74 Å². The minimum Gasteiger partial charge on any atom is -0.456 e. The number of aromatic amines is 1. The summed E-state index contributed by atoms with van der Waals surface area (Å²) >= 11 is 0. The largest absolute Gasteiger partial charge is 0.456 e. The molecule has 0 saturated carbocycles. The fraction of sp³-hybridized carbons (Fsp3) is 0. The standard InChI is InChI=1S/C15H11N3O3/c19-18(20)7-5-11-9-17-15-4-3-12(8-14(11)15)21-13-2-1-6-16-10-13/h1-10,17H. The second-order valence-electron chi connectivity index (χ2n) is 4.34. The Balaban J connectivity index is 1.95. The van der Waals surface area contributed by atoms with E-state index in [9.17, 15) is 10.1 Å². The third-order valence-electron chi connectivity index (χ3n) is 2.93. The van der Waals surface area contributed by atoms with E-state index in [2.05, 4.69) is 9.97 Å². The number of fused-ring (bicyclic) bond motifs is 1. The Kier molecular flexibility index (Phi) is 3.34. The number of rotatable bonds is 4. The van der Waals surface area contributed by atoms with Crippen LogP contribution in [-0.2, 0) is 0 Å². The van der Waals surface area contributed by atoms with Crippen LogP contribution in [0.5, 0.6) is 11.5 Å². The first-order valence-corrected chi connectivity index (χ1v) is 6.23. The number of ether oxygens (including phenoxy) is 1. The van der Waals surface area contributed by atoms with Crippen LogP contribution in [0.4, 0.5) is 0 Å². The van der Waals surface area contributed by atoms with Gasteiger partial charge in [-0.2, -0.15) is 0 Å². The maximum atomic E-state index is 10.4. The second kappa shape index (κ2) is 5.46. The van der Waals surface area contributed by atoms with Crippen LogP contribution < -0.4 is 4.74 Å². The normalized spacial score (nSPS) is 11.0. The van der Waals surface area contributed by atoms with Gasteiger partial charge in [-0.3, -0.25) is 15.1 Å². The van der Waals surface area contributed by atoms with Crippen molar-refractivity contribution >= 4 is 17.0 Å². The number of nitrogens with one attached hydrogen (secondary N) is 1. The summed E-state index contributed by atoms with van der Waals surface area (Å²) in [5.74, 6) is 1.28. The summed E-state index contributed by atoms with van der Waals surface area (Å²) in [6.07, 6.45) is 7.38. The molecular formula is C15H11N3O3. The lowest BCUT2D eigenvalue weighted by molar-refractivity contribution is -0.400. The van der Waals surface area contributed by atoms with Gasteiger partial charge in [-0.15, -0.1) is 0 Å². The maximum Gasteiger partial charge on any atom is 0.235 e. The van der Waals surface area contributed by atoms with Gasteiger partial charge in [0.25, 0.3) is 0 Å². The predicted molar refractivity (Wildman–Crippen MR) is 78.6 cm³/mol. The lowest BCUT2D eigenvalue weighted by atomic mass is 10.1. The second-order valence-corrected chi connectivity index (χ2v) is 4.34. The molecule has 0 amide bonds. The van der Waals surface area contributed by atoms with Crippen LogP contribution in [0.2, 0.25) is 0 Å². The lowest BCUT2D eigenvalue weighted by Gasteiger charge is -2.05. The van der Waals surface area contributed by atoms with Crippen LogP contribution >= 0.6 is 0 Å². The molecule has 104 valence electrons. The van der Waals surface area contributed by atoms with E-state index < -0.39 is 4.92 Å². The fourth-order valence-electron chi connectivity index (χ4n) is 2.01. The summed E-state index contributed by atoms with van der Waals surface area (Å²) in [6.45, 7) is 0. The predicted octanol–water partition coefficient (Wildman–Crippen LogP) is 3.60. The Morgan fingerprint density at radius 3 is 2.95 bits per heavy atom. The van der Waals surface area contributed by atoms with Gasteiger partial charge in [0, 0.05) is 34.9 Å². The Labute approximate surface area is 119 Å². The monoisotopic (exact) mass is 281 g/mol. The molecule has 2 heterocycles. The minimum absolute atomic E-state index is 0.491. The van der Waals surface area contributed by atoms with Crippen LogP contribution in [0, 0.1) is 10.1 Å². The molecule has 0 aliphatic rings. The molecule has 0 radical (unpaired) electrons. The molecule has 1 N–H and O–H groups in total. The zero-order valence-electron chi connectivity index (χ0n) is 10.9. The minimum atomic E-state index is -0.491. The number of pyridine rings is 1. The molecule has 2 aromatic heterocycles. The lowest BCUT2D eigenvalue weighted by Crippen LogP contribution is -1.85. The van der Waals surface area contributed by atoms with Gasteiger partial charge in [-0.25, -0.2) is 0 Å². The van der Waals surface area contributed by atoms with Gasteiger partial charge >= 0.3 is 0 Å². The van der Waals surface area contributed by atoms with Crippen LogP contribution in [0.1, 0.15) is 5.56 Å². The highest BCUT2D eigenvalue weighted by atomic mass is 16.6. The molecule has 21 heavy (non-hydrogen) atoms. The van der Waals surface area contributed by atoms with Crippen molar-refractivity contribution in [3.63, 3.8) is 0 Å². The van der Waals surface area contributed by atoms with E-state index in [0.29, 0.717) is 11.5 Å². The van der Waals surface area contributed by atoms with Crippen molar-refractivity contribution < 1.29 is 9.66 Å². The molecule has 0 saturated heterocycles. The summed E-state index contributed by atoms with van der Waals surface area (Å²) in [6, 6.07) is 9.12. The van der Waals surface area contributed by atoms with Crippen LogP contribution in [0.3, 0.4) is 0 Å². The topological polar surface area (TPSA) is 81.0 Å². The van der Waals surface area contributed by atoms with E-state index in [1.54, 1.807) is 24.7 Å². The van der Waals surface area contributed by atoms with Gasteiger partial charge in [0.05, 0.1) is 11.1 Å². The number of H-pyrrole nitrogens is 1. The molecule has 0 aliphatic carbocycles. The first-order chi connectivity index (χ1) is 10.2. The van der Waals surface area contributed by atoms with Gasteiger partial charge in [0.1, 0.15) is 11.5 Å². The molecule has 0 unspecified atom stereocenters. The fourth-order valence-corrected chi connectivity index (χ4v) is 2.01. The average Bonchev–Trinajstić information content (AvgIpc) is 2.88. The Hall–Kier alpha value is -3.15. The van der Waals surface area contributed by atoms with Crippen molar-refractivity contribution in [1.82, 2.24) is 9.97 Å². The quantitative estimate of drug-likeness (QED) is 0.585. The van der Waals surface area contributed by atoms with Gasteiger partial charge in [0.2, 0.25) is 6.20 Å². The van der Waals surface area contributed by atoms with Crippen molar-refractivity contribution in [1.29, 1.82) is 0 Å². The maximum absolute atomic E-state index is 10.4. The van der Waals surface area contributed by atoms with Crippen molar-refractivity contribution in [2.45, 2.75) is 0 Å². The molecule has 0 bridgehead atoms. The van der Waals surface area contributed by atoms with Gasteiger partial charge in [-0.1, -0.05) is 0 Å². The highest BCUT2D eigenvalue weighted by Gasteiger charge is 2.05. The van der Waals surface area contributed by atoms with E-state index >= 15 is 0 Å². The zero-order valence-corrected chi connectivity index (χ0v) is 10.9. The van der Waals surface area contributed by atoms with Crippen LogP contribution in [-0.4, -0.2) is 14.9 Å². The Bertz CT molecular complexity index is 809. The Morgan fingerprint density at radius 2 is 2.19 bits per heavy atom. The molecule has 0 spiro atoms. The van der Waals surface area contributed by atoms with Crippen LogP contribution in [0.25, 0.3) is 17.0 Å². The van der Waals surface area contributed by atoms with Crippen molar-refractivity contribution in [2.75, 3.05) is 0 Å².